The van der Waals surface area contributed by atoms with Gasteiger partial charge in [0.25, 0.3) is 0 Å². The van der Waals surface area contributed by atoms with E-state index >= 15 is 0 Å². The summed E-state index contributed by atoms with van der Waals surface area (Å²) < 4.78 is 16.1. The molecular weight excluding hydrogens is 491 g/mol. The first-order chi connectivity index (χ1) is 15.6. The van der Waals surface area contributed by atoms with E-state index in [2.05, 4.69) is 118 Å². The molecule has 33 heavy (non-hydrogen) atoms. The SMILES string of the molecule is CC.CC1(C)OB(c2ccc3sc4ccccc4c3c2)OC1(C)C.Cc1ccc(Br)cc1C. The fourth-order valence-corrected chi connectivity index (χ4v) is 5.14. The Labute approximate surface area is 211 Å². The Balaban J connectivity index is 0.000000234. The van der Waals surface area contributed by atoms with Crippen molar-refractivity contribution in [2.24, 2.45) is 0 Å². The molecule has 3 aromatic carbocycles. The van der Waals surface area contributed by atoms with Gasteiger partial charge in [0.05, 0.1) is 11.2 Å². The van der Waals surface area contributed by atoms with Gasteiger partial charge in [-0.2, -0.15) is 0 Å². The summed E-state index contributed by atoms with van der Waals surface area (Å²) in [7, 11) is -0.298. The molecule has 0 bridgehead atoms. The van der Waals surface area contributed by atoms with Crippen molar-refractivity contribution in [2.45, 2.75) is 66.6 Å². The van der Waals surface area contributed by atoms with E-state index in [9.17, 15) is 0 Å². The van der Waals surface area contributed by atoms with Crippen molar-refractivity contribution in [1.29, 1.82) is 0 Å². The number of fused-ring (bicyclic) bond motifs is 3. The first kappa shape index (κ1) is 26.0. The van der Waals surface area contributed by atoms with E-state index in [4.69, 9.17) is 9.31 Å². The Kier molecular flexibility index (Phi) is 8.11. The molecule has 1 aromatic heterocycles. The van der Waals surface area contributed by atoms with Crippen molar-refractivity contribution in [3.05, 3.63) is 76.3 Å². The molecule has 0 atom stereocenters. The van der Waals surface area contributed by atoms with E-state index in [-0.39, 0.29) is 18.3 Å². The highest BCUT2D eigenvalue weighted by atomic mass is 79.9. The van der Waals surface area contributed by atoms with Gasteiger partial charge in [0.15, 0.2) is 0 Å². The Bertz CT molecular complexity index is 1230. The second-order valence-corrected chi connectivity index (χ2v) is 11.2. The minimum absolute atomic E-state index is 0.298. The smallest absolute Gasteiger partial charge is 0.399 e. The Morgan fingerprint density at radius 3 is 1.94 bits per heavy atom. The molecule has 5 heteroatoms. The highest BCUT2D eigenvalue weighted by Crippen LogP contribution is 2.37. The summed E-state index contributed by atoms with van der Waals surface area (Å²) in [5.41, 5.74) is 3.17. The van der Waals surface area contributed by atoms with Gasteiger partial charge in [0, 0.05) is 19.3 Å². The fourth-order valence-electron chi connectivity index (χ4n) is 3.57. The molecule has 0 aliphatic carbocycles. The standard InChI is InChI=1S/C18H19BO2S.C8H9Br.C2H6/c1-17(2)18(3,4)21-19(20-17)12-9-10-16-14(11-12)13-7-5-6-8-15(13)22-16;1-6-3-4-8(9)5-7(6)2;1-2/h5-11H,1-4H3;3-5H,1-2H3;1-2H3. The number of aryl methyl sites for hydroxylation is 2. The van der Waals surface area contributed by atoms with Crippen LogP contribution in [0.2, 0.25) is 0 Å². The molecular formula is C28H34BBrO2S. The average molecular weight is 525 g/mol. The van der Waals surface area contributed by atoms with Crippen LogP contribution in [-0.4, -0.2) is 18.3 Å². The lowest BCUT2D eigenvalue weighted by atomic mass is 9.78. The summed E-state index contributed by atoms with van der Waals surface area (Å²) in [5.74, 6) is 0. The molecule has 4 aromatic rings. The summed E-state index contributed by atoms with van der Waals surface area (Å²) in [6.45, 7) is 16.6. The third-order valence-corrected chi connectivity index (χ3v) is 8.04. The summed E-state index contributed by atoms with van der Waals surface area (Å²) in [6, 6.07) is 21.4. The van der Waals surface area contributed by atoms with Crippen LogP contribution in [0.15, 0.2) is 65.1 Å². The maximum Gasteiger partial charge on any atom is 0.494 e. The van der Waals surface area contributed by atoms with Crippen molar-refractivity contribution in [3.63, 3.8) is 0 Å². The van der Waals surface area contributed by atoms with Crippen LogP contribution in [0.3, 0.4) is 0 Å². The van der Waals surface area contributed by atoms with E-state index in [1.807, 2.05) is 25.2 Å². The largest absolute Gasteiger partial charge is 0.494 e. The average Bonchev–Trinajstić information content (AvgIpc) is 3.25. The predicted octanol–water partition coefficient (Wildman–Crippen LogP) is 8.45. The van der Waals surface area contributed by atoms with Gasteiger partial charge in [0.2, 0.25) is 0 Å². The monoisotopic (exact) mass is 524 g/mol. The lowest BCUT2D eigenvalue weighted by Crippen LogP contribution is -2.41. The van der Waals surface area contributed by atoms with Gasteiger partial charge >= 0.3 is 7.12 Å². The number of benzene rings is 3. The maximum absolute atomic E-state index is 6.17. The molecule has 0 saturated carbocycles. The second-order valence-electron chi connectivity index (χ2n) is 9.17. The van der Waals surface area contributed by atoms with Gasteiger partial charge in [-0.15, -0.1) is 11.3 Å². The molecule has 2 nitrogen and oxygen atoms in total. The van der Waals surface area contributed by atoms with Crippen LogP contribution in [0.1, 0.15) is 52.7 Å². The third kappa shape index (κ3) is 5.54. The number of halogens is 1. The summed E-state index contributed by atoms with van der Waals surface area (Å²) in [5, 5.41) is 2.59. The molecule has 5 rings (SSSR count). The van der Waals surface area contributed by atoms with Gasteiger partial charge in [-0.05, 0) is 87.8 Å². The highest BCUT2D eigenvalue weighted by Gasteiger charge is 2.51. The quantitative estimate of drug-likeness (QED) is 0.232. The molecule has 174 valence electrons. The zero-order valence-electron chi connectivity index (χ0n) is 21.0. The predicted molar refractivity (Wildman–Crippen MR) is 150 cm³/mol. The molecule has 1 saturated heterocycles. The van der Waals surface area contributed by atoms with Crippen LogP contribution in [0.4, 0.5) is 0 Å². The second kappa shape index (κ2) is 10.3. The number of hydrogen-bond acceptors (Lipinski definition) is 3. The first-order valence-electron chi connectivity index (χ1n) is 11.6. The van der Waals surface area contributed by atoms with Crippen molar-refractivity contribution >= 4 is 60.0 Å². The zero-order valence-corrected chi connectivity index (χ0v) is 23.4. The molecule has 1 aliphatic heterocycles. The van der Waals surface area contributed by atoms with Crippen LogP contribution in [0, 0.1) is 13.8 Å². The van der Waals surface area contributed by atoms with Crippen LogP contribution in [0.25, 0.3) is 20.2 Å². The molecule has 0 amide bonds. The lowest BCUT2D eigenvalue weighted by molar-refractivity contribution is 0.00578. The minimum Gasteiger partial charge on any atom is -0.399 e. The van der Waals surface area contributed by atoms with E-state index in [0.29, 0.717) is 0 Å². The topological polar surface area (TPSA) is 18.5 Å². The zero-order chi connectivity index (χ0) is 24.4. The molecule has 1 aliphatic rings. The number of rotatable bonds is 1. The third-order valence-electron chi connectivity index (χ3n) is 6.40. The molecule has 0 spiro atoms. The first-order valence-corrected chi connectivity index (χ1v) is 13.2. The van der Waals surface area contributed by atoms with Crippen LogP contribution >= 0.6 is 27.3 Å². The summed E-state index contributed by atoms with van der Waals surface area (Å²) in [6.07, 6.45) is 0. The van der Waals surface area contributed by atoms with Gasteiger partial charge in [0.1, 0.15) is 0 Å². The summed E-state index contributed by atoms with van der Waals surface area (Å²) >= 11 is 5.23. The highest BCUT2D eigenvalue weighted by molar-refractivity contribution is 9.10. The number of hydrogen-bond donors (Lipinski definition) is 0. The number of thiophene rings is 1. The molecule has 0 radical (unpaired) electrons. The molecule has 1 fully saturated rings. The van der Waals surface area contributed by atoms with Crippen molar-refractivity contribution in [3.8, 4) is 0 Å². The van der Waals surface area contributed by atoms with Gasteiger partial charge in [-0.1, -0.05) is 66.2 Å². The van der Waals surface area contributed by atoms with E-state index in [1.54, 1.807) is 0 Å². The Morgan fingerprint density at radius 2 is 1.33 bits per heavy atom. The Morgan fingerprint density at radius 1 is 0.727 bits per heavy atom. The van der Waals surface area contributed by atoms with Gasteiger partial charge in [-0.25, -0.2) is 0 Å². The lowest BCUT2D eigenvalue weighted by Gasteiger charge is -2.32. The Hall–Kier alpha value is -1.66. The van der Waals surface area contributed by atoms with Crippen molar-refractivity contribution in [2.75, 3.05) is 0 Å². The van der Waals surface area contributed by atoms with Crippen molar-refractivity contribution in [1.82, 2.24) is 0 Å². The van der Waals surface area contributed by atoms with E-state index in [1.165, 1.54) is 31.3 Å². The normalized spacial score (nSPS) is 16.2. The van der Waals surface area contributed by atoms with Crippen LogP contribution in [0.5, 0.6) is 0 Å². The van der Waals surface area contributed by atoms with Crippen LogP contribution in [-0.2, 0) is 9.31 Å². The molecule has 2 heterocycles. The molecule has 0 unspecified atom stereocenters. The van der Waals surface area contributed by atoms with E-state index in [0.717, 1.165) is 9.94 Å². The van der Waals surface area contributed by atoms with Crippen LogP contribution < -0.4 is 5.46 Å². The van der Waals surface area contributed by atoms with E-state index < -0.39 is 0 Å². The molecule has 0 N–H and O–H groups in total. The van der Waals surface area contributed by atoms with Gasteiger partial charge < -0.3 is 9.31 Å². The maximum atomic E-state index is 6.17. The fraction of sp³-hybridized carbons (Fsp3) is 0.357. The summed E-state index contributed by atoms with van der Waals surface area (Å²) in [4.78, 5) is 0. The van der Waals surface area contributed by atoms with Crippen molar-refractivity contribution < 1.29 is 9.31 Å². The van der Waals surface area contributed by atoms with Gasteiger partial charge in [-0.3, -0.25) is 0 Å². The minimum atomic E-state index is -0.302.